The maximum Gasteiger partial charge on any atom is 0.244 e. The molecule has 0 aromatic heterocycles. The molecule has 3 aromatic rings. The van der Waals surface area contributed by atoms with Gasteiger partial charge in [0.15, 0.2) is 0 Å². The predicted molar refractivity (Wildman–Crippen MR) is 170 cm³/mol. The molecule has 0 spiro atoms. The van der Waals surface area contributed by atoms with E-state index >= 15 is 0 Å². The monoisotopic (exact) mass is 681 g/mol. The molecule has 0 unspecified atom stereocenters. The summed E-state index contributed by atoms with van der Waals surface area (Å²) >= 11 is 15.8. The first-order chi connectivity index (χ1) is 19.3. The smallest absolute Gasteiger partial charge is 0.244 e. The van der Waals surface area contributed by atoms with Gasteiger partial charge in [0, 0.05) is 23.5 Å². The number of amides is 2. The largest absolute Gasteiger partial charge is 0.352 e. The Bertz CT molecular complexity index is 1490. The number of rotatable bonds is 12. The minimum absolute atomic E-state index is 0.0120. The molecule has 0 aliphatic carbocycles. The van der Waals surface area contributed by atoms with Gasteiger partial charge in [0.2, 0.25) is 21.8 Å². The van der Waals surface area contributed by atoms with Crippen molar-refractivity contribution in [2.24, 2.45) is 0 Å². The zero-order valence-corrected chi connectivity index (χ0v) is 27.3. The van der Waals surface area contributed by atoms with E-state index in [4.69, 9.17) is 23.2 Å². The second kappa shape index (κ2) is 14.5. The summed E-state index contributed by atoms with van der Waals surface area (Å²) in [5.41, 5.74) is 2.66. The van der Waals surface area contributed by atoms with Gasteiger partial charge in [0.1, 0.15) is 12.6 Å². The van der Waals surface area contributed by atoms with E-state index in [1.807, 2.05) is 51.1 Å². The summed E-state index contributed by atoms with van der Waals surface area (Å²) in [4.78, 5) is 29.3. The quantitative estimate of drug-likeness (QED) is 0.240. The van der Waals surface area contributed by atoms with Crippen molar-refractivity contribution >= 4 is 66.7 Å². The number of nitrogens with one attached hydrogen (secondary N) is 1. The summed E-state index contributed by atoms with van der Waals surface area (Å²) in [6.07, 6.45) is 1.99. The lowest BCUT2D eigenvalue weighted by Crippen LogP contribution is -2.54. The van der Waals surface area contributed by atoms with Crippen LogP contribution in [0.5, 0.6) is 0 Å². The van der Waals surface area contributed by atoms with E-state index in [0.29, 0.717) is 27.7 Å². The van der Waals surface area contributed by atoms with Crippen LogP contribution in [0.1, 0.15) is 37.0 Å². The third kappa shape index (κ3) is 9.20. The highest BCUT2D eigenvalue weighted by Gasteiger charge is 2.33. The summed E-state index contributed by atoms with van der Waals surface area (Å²) in [6, 6.07) is 18.4. The van der Waals surface area contributed by atoms with Crippen molar-refractivity contribution in [2.75, 3.05) is 17.1 Å². The number of nitrogens with zero attached hydrogens (tertiary/aromatic N) is 2. The van der Waals surface area contributed by atoms with Crippen molar-refractivity contribution < 1.29 is 18.0 Å². The first kappa shape index (κ1) is 32.9. The van der Waals surface area contributed by atoms with Crippen LogP contribution in [0, 0.1) is 6.92 Å². The molecular weight excluding hydrogens is 649 g/mol. The number of halogens is 3. The number of hydrogen-bond donors (Lipinski definition) is 1. The Labute approximate surface area is 261 Å². The second-order valence-corrected chi connectivity index (χ2v) is 13.6. The number of hydrogen-bond acceptors (Lipinski definition) is 4. The Morgan fingerprint density at radius 2 is 1.66 bits per heavy atom. The van der Waals surface area contributed by atoms with Crippen molar-refractivity contribution in [3.8, 4) is 0 Å². The zero-order chi connectivity index (χ0) is 30.3. The molecule has 0 fully saturated rings. The molecule has 11 heteroatoms. The van der Waals surface area contributed by atoms with Crippen LogP contribution < -0.4 is 9.62 Å². The van der Waals surface area contributed by atoms with Gasteiger partial charge in [0.05, 0.1) is 22.0 Å². The number of anilines is 1. The number of carbonyl (C=O) groups excluding carboxylic acids is 2. The van der Waals surface area contributed by atoms with Gasteiger partial charge in [-0.05, 0) is 67.3 Å². The Morgan fingerprint density at radius 1 is 0.976 bits per heavy atom. The maximum atomic E-state index is 14.1. The fourth-order valence-electron chi connectivity index (χ4n) is 4.23. The van der Waals surface area contributed by atoms with Crippen molar-refractivity contribution in [1.29, 1.82) is 0 Å². The van der Waals surface area contributed by atoms with Crippen LogP contribution in [-0.4, -0.2) is 50.0 Å². The first-order valence-electron chi connectivity index (χ1n) is 13.1. The van der Waals surface area contributed by atoms with Gasteiger partial charge in [-0.1, -0.05) is 82.5 Å². The molecule has 220 valence electrons. The van der Waals surface area contributed by atoms with Gasteiger partial charge in [-0.25, -0.2) is 8.42 Å². The average molecular weight is 683 g/mol. The lowest BCUT2D eigenvalue weighted by atomic mass is 10.0. The molecule has 0 aliphatic heterocycles. The third-order valence-electron chi connectivity index (χ3n) is 6.72. The molecule has 1 N–H and O–H groups in total. The minimum atomic E-state index is -3.86. The van der Waals surface area contributed by atoms with E-state index in [1.165, 1.54) is 4.90 Å². The van der Waals surface area contributed by atoms with Crippen LogP contribution in [0.4, 0.5) is 5.69 Å². The van der Waals surface area contributed by atoms with Crippen molar-refractivity contribution in [1.82, 2.24) is 10.2 Å². The van der Waals surface area contributed by atoms with Gasteiger partial charge in [0.25, 0.3) is 0 Å². The van der Waals surface area contributed by atoms with Gasteiger partial charge in [-0.2, -0.15) is 0 Å². The van der Waals surface area contributed by atoms with E-state index in [-0.39, 0.29) is 24.9 Å². The third-order valence-corrected chi connectivity index (χ3v) is 9.49. The first-order valence-corrected chi connectivity index (χ1v) is 16.5. The summed E-state index contributed by atoms with van der Waals surface area (Å²) in [7, 11) is -3.86. The summed E-state index contributed by atoms with van der Waals surface area (Å²) in [6.45, 7) is 5.20. The van der Waals surface area contributed by atoms with Crippen LogP contribution in [0.3, 0.4) is 0 Å². The zero-order valence-electron chi connectivity index (χ0n) is 23.4. The molecule has 0 saturated carbocycles. The van der Waals surface area contributed by atoms with Crippen LogP contribution >= 0.6 is 39.1 Å². The predicted octanol–water partition coefficient (Wildman–Crippen LogP) is 6.39. The average Bonchev–Trinajstić information content (AvgIpc) is 2.92. The highest BCUT2D eigenvalue weighted by atomic mass is 79.9. The maximum absolute atomic E-state index is 14.1. The molecule has 0 bridgehead atoms. The van der Waals surface area contributed by atoms with E-state index in [2.05, 4.69) is 21.2 Å². The van der Waals surface area contributed by atoms with Crippen LogP contribution in [0.15, 0.2) is 71.2 Å². The number of benzene rings is 3. The lowest BCUT2D eigenvalue weighted by Gasteiger charge is -2.34. The van der Waals surface area contributed by atoms with Gasteiger partial charge in [-0.3, -0.25) is 13.9 Å². The summed E-state index contributed by atoms with van der Waals surface area (Å²) in [5, 5.41) is 3.67. The Morgan fingerprint density at radius 3 is 2.24 bits per heavy atom. The standard InChI is InChI=1S/C30H34BrCl2N3O4S/c1-5-21(3)34-30(38)28(17-22-9-7-6-8-10-22)35(18-23-11-14-26(32)27(33)16-23)29(37)19-36(41(4,39)40)24-12-13-25(31)20(2)15-24/h6-16,21,28H,5,17-19H2,1-4H3,(H,34,38)/t21-,28-/m1/s1. The highest BCUT2D eigenvalue weighted by molar-refractivity contribution is 9.10. The summed E-state index contributed by atoms with van der Waals surface area (Å²) < 4.78 is 27.7. The van der Waals surface area contributed by atoms with E-state index < -0.39 is 28.5 Å². The number of aryl methyl sites for hydroxylation is 1. The van der Waals surface area contributed by atoms with Crippen molar-refractivity contribution in [3.63, 3.8) is 0 Å². The molecule has 2 amide bonds. The van der Waals surface area contributed by atoms with Crippen molar-refractivity contribution in [3.05, 3.63) is 97.9 Å². The molecule has 0 saturated heterocycles. The van der Waals surface area contributed by atoms with E-state index in [9.17, 15) is 18.0 Å². The Hall–Kier alpha value is -2.59. The fraction of sp³-hybridized carbons (Fsp3) is 0.333. The fourth-order valence-corrected chi connectivity index (χ4v) is 5.64. The number of sulfonamides is 1. The van der Waals surface area contributed by atoms with Crippen molar-refractivity contribution in [2.45, 2.75) is 52.2 Å². The number of carbonyl (C=O) groups is 2. The molecular formula is C30H34BrCl2N3O4S. The highest BCUT2D eigenvalue weighted by Crippen LogP contribution is 2.27. The normalized spacial score (nSPS) is 12.9. The van der Waals surface area contributed by atoms with E-state index in [1.54, 1.807) is 36.4 Å². The molecule has 0 aliphatic rings. The van der Waals surface area contributed by atoms with Gasteiger partial charge in [-0.15, -0.1) is 0 Å². The Kier molecular flexibility index (Phi) is 11.7. The molecule has 41 heavy (non-hydrogen) atoms. The second-order valence-electron chi connectivity index (χ2n) is 10.00. The van der Waals surface area contributed by atoms with E-state index in [0.717, 1.165) is 26.2 Å². The van der Waals surface area contributed by atoms with Crippen LogP contribution in [0.2, 0.25) is 10.0 Å². The SMILES string of the molecule is CC[C@@H](C)NC(=O)[C@@H](Cc1ccccc1)N(Cc1ccc(Cl)c(Cl)c1)C(=O)CN(c1ccc(Br)c(C)c1)S(C)(=O)=O. The topological polar surface area (TPSA) is 86.8 Å². The molecule has 2 atom stereocenters. The minimum Gasteiger partial charge on any atom is -0.352 e. The van der Waals surface area contributed by atoms with Gasteiger partial charge < -0.3 is 10.2 Å². The molecule has 3 rings (SSSR count). The molecule has 7 nitrogen and oxygen atoms in total. The molecule has 3 aromatic carbocycles. The molecule has 0 heterocycles. The van der Waals surface area contributed by atoms with Crippen LogP contribution in [-0.2, 0) is 32.6 Å². The van der Waals surface area contributed by atoms with Crippen LogP contribution in [0.25, 0.3) is 0 Å². The summed E-state index contributed by atoms with van der Waals surface area (Å²) in [5.74, 6) is -0.871. The lowest BCUT2D eigenvalue weighted by molar-refractivity contribution is -0.140. The van der Waals surface area contributed by atoms with Gasteiger partial charge >= 0.3 is 0 Å². The Balaban J connectivity index is 2.09. The molecule has 0 radical (unpaired) electrons.